The topological polar surface area (TPSA) is 53.6 Å². The second-order valence-corrected chi connectivity index (χ2v) is 8.86. The Morgan fingerprint density at radius 2 is 2.11 bits per heavy atom. The standard InChI is InChI=1S/C22H30N4S/c23-22(25-21-11-3-8-18-7-1-2-10-20(18)21)24-14-17-6-4-12-26(15-17)16-19-9-5-13-27-19/h3,5,8-9,11,13,17H,1-2,4,6-7,10,12,14-16H2,(H3,23,24,25). The zero-order valence-corrected chi connectivity index (χ0v) is 16.8. The second-order valence-electron chi connectivity index (χ2n) is 7.82. The van der Waals surface area contributed by atoms with Gasteiger partial charge in [0, 0.05) is 30.2 Å². The van der Waals surface area contributed by atoms with Gasteiger partial charge in [0.1, 0.15) is 0 Å². The van der Waals surface area contributed by atoms with Crippen molar-refractivity contribution in [3.8, 4) is 0 Å². The van der Waals surface area contributed by atoms with Gasteiger partial charge < -0.3 is 11.1 Å². The molecule has 1 fully saturated rings. The lowest BCUT2D eigenvalue weighted by Gasteiger charge is -2.31. The van der Waals surface area contributed by atoms with Gasteiger partial charge in [-0.3, -0.25) is 9.89 Å². The summed E-state index contributed by atoms with van der Waals surface area (Å²) in [5, 5.41) is 5.54. The fourth-order valence-corrected chi connectivity index (χ4v) is 5.12. The number of aliphatic imine (C=N–C) groups is 1. The summed E-state index contributed by atoms with van der Waals surface area (Å²) in [7, 11) is 0. The molecule has 1 aromatic carbocycles. The van der Waals surface area contributed by atoms with Crippen LogP contribution in [0, 0.1) is 5.92 Å². The van der Waals surface area contributed by atoms with E-state index in [1.54, 1.807) is 0 Å². The van der Waals surface area contributed by atoms with E-state index >= 15 is 0 Å². The highest BCUT2D eigenvalue weighted by Gasteiger charge is 2.20. The number of likely N-dealkylation sites (tertiary alicyclic amines) is 1. The van der Waals surface area contributed by atoms with Gasteiger partial charge in [-0.05, 0) is 79.6 Å². The molecule has 0 amide bonds. The van der Waals surface area contributed by atoms with E-state index in [0.717, 1.165) is 31.7 Å². The van der Waals surface area contributed by atoms with Crippen LogP contribution in [0.4, 0.5) is 5.69 Å². The Balaban J connectivity index is 1.32. The van der Waals surface area contributed by atoms with Crippen LogP contribution in [0.25, 0.3) is 0 Å². The first kappa shape index (κ1) is 18.5. The molecule has 4 rings (SSSR count). The summed E-state index contributed by atoms with van der Waals surface area (Å²) in [5.41, 5.74) is 10.3. The number of piperidine rings is 1. The summed E-state index contributed by atoms with van der Waals surface area (Å²) in [6.45, 7) is 4.20. The molecule has 2 aliphatic rings. The van der Waals surface area contributed by atoms with Gasteiger partial charge in [-0.1, -0.05) is 18.2 Å². The van der Waals surface area contributed by atoms with Crippen molar-refractivity contribution in [3.05, 3.63) is 51.7 Å². The van der Waals surface area contributed by atoms with Gasteiger partial charge in [-0.15, -0.1) is 11.3 Å². The molecular formula is C22H30N4S. The van der Waals surface area contributed by atoms with Gasteiger partial charge >= 0.3 is 0 Å². The number of nitrogens with zero attached hydrogens (tertiary/aromatic N) is 2. The number of thiophene rings is 1. The molecule has 5 heteroatoms. The van der Waals surface area contributed by atoms with Crippen molar-refractivity contribution in [3.63, 3.8) is 0 Å². The lowest BCUT2D eigenvalue weighted by atomic mass is 9.90. The van der Waals surface area contributed by atoms with Gasteiger partial charge in [-0.2, -0.15) is 0 Å². The molecule has 0 spiro atoms. The highest BCUT2D eigenvalue weighted by atomic mass is 32.1. The van der Waals surface area contributed by atoms with Crippen LogP contribution in [0.5, 0.6) is 0 Å². The van der Waals surface area contributed by atoms with Crippen molar-refractivity contribution in [1.82, 2.24) is 4.90 Å². The van der Waals surface area contributed by atoms with E-state index < -0.39 is 0 Å². The van der Waals surface area contributed by atoms with E-state index in [0.29, 0.717) is 11.9 Å². The molecule has 0 radical (unpaired) electrons. The summed E-state index contributed by atoms with van der Waals surface area (Å²) in [4.78, 5) is 8.70. The third kappa shape index (κ3) is 4.90. The van der Waals surface area contributed by atoms with Crippen LogP contribution >= 0.6 is 11.3 Å². The highest BCUT2D eigenvalue weighted by Crippen LogP contribution is 2.27. The Labute approximate surface area is 166 Å². The maximum absolute atomic E-state index is 6.23. The van der Waals surface area contributed by atoms with Crippen molar-refractivity contribution in [1.29, 1.82) is 0 Å². The van der Waals surface area contributed by atoms with E-state index in [9.17, 15) is 0 Å². The van der Waals surface area contributed by atoms with Crippen LogP contribution in [0.2, 0.25) is 0 Å². The molecule has 4 nitrogen and oxygen atoms in total. The number of anilines is 1. The Kier molecular flexibility index (Phi) is 6.10. The Hall–Kier alpha value is -1.85. The van der Waals surface area contributed by atoms with Crippen molar-refractivity contribution >= 4 is 23.0 Å². The van der Waals surface area contributed by atoms with Crippen molar-refractivity contribution in [2.75, 3.05) is 25.0 Å². The van der Waals surface area contributed by atoms with Crippen molar-refractivity contribution in [2.24, 2.45) is 16.6 Å². The molecule has 144 valence electrons. The summed E-state index contributed by atoms with van der Waals surface area (Å²) in [6, 6.07) is 10.9. The number of nitrogens with one attached hydrogen (secondary N) is 1. The molecule has 1 aromatic heterocycles. The van der Waals surface area contributed by atoms with Gasteiger partial charge in [0.25, 0.3) is 0 Å². The van der Waals surface area contributed by atoms with Crippen LogP contribution in [0.3, 0.4) is 0 Å². The van der Waals surface area contributed by atoms with E-state index in [1.807, 2.05) is 11.3 Å². The van der Waals surface area contributed by atoms with Gasteiger partial charge in [-0.25, -0.2) is 0 Å². The quantitative estimate of drug-likeness (QED) is 0.600. The maximum atomic E-state index is 6.23. The summed E-state index contributed by atoms with van der Waals surface area (Å²) < 4.78 is 0. The number of aryl methyl sites for hydroxylation is 1. The molecule has 1 atom stereocenters. The lowest BCUT2D eigenvalue weighted by molar-refractivity contribution is 0.172. The number of benzene rings is 1. The monoisotopic (exact) mass is 382 g/mol. The van der Waals surface area contributed by atoms with Crippen LogP contribution in [0.1, 0.15) is 41.7 Å². The van der Waals surface area contributed by atoms with Crippen LogP contribution in [-0.4, -0.2) is 30.5 Å². The zero-order valence-electron chi connectivity index (χ0n) is 16.0. The van der Waals surface area contributed by atoms with Gasteiger partial charge in [0.05, 0.1) is 0 Å². The molecule has 0 bridgehead atoms. The van der Waals surface area contributed by atoms with Crippen molar-refractivity contribution in [2.45, 2.75) is 45.1 Å². The SMILES string of the molecule is NC(=NCC1CCCN(Cc2cccs2)C1)Nc1cccc2c1CCCC2. The fraction of sp³-hybridized carbons (Fsp3) is 0.500. The van der Waals surface area contributed by atoms with Gasteiger partial charge in [0.2, 0.25) is 0 Å². The fourth-order valence-electron chi connectivity index (χ4n) is 4.37. The Morgan fingerprint density at radius 3 is 3.00 bits per heavy atom. The predicted octanol–water partition coefficient (Wildman–Crippen LogP) is 4.27. The number of guanidine groups is 1. The first-order valence-corrected chi connectivity index (χ1v) is 11.1. The average molecular weight is 383 g/mol. The minimum absolute atomic E-state index is 0.560. The van der Waals surface area contributed by atoms with Crippen LogP contribution in [-0.2, 0) is 19.4 Å². The molecule has 27 heavy (non-hydrogen) atoms. The predicted molar refractivity (Wildman–Crippen MR) is 116 cm³/mol. The molecular weight excluding hydrogens is 352 g/mol. The number of hydrogen-bond donors (Lipinski definition) is 2. The third-order valence-corrected chi connectivity index (χ3v) is 6.60. The van der Waals surface area contributed by atoms with E-state index in [4.69, 9.17) is 5.73 Å². The average Bonchev–Trinajstić information content (AvgIpc) is 3.20. The van der Waals surface area contributed by atoms with Crippen molar-refractivity contribution < 1.29 is 0 Å². The first-order valence-electron chi connectivity index (χ1n) is 10.2. The lowest BCUT2D eigenvalue weighted by Crippen LogP contribution is -2.36. The van der Waals surface area contributed by atoms with E-state index in [2.05, 4.69) is 50.9 Å². The van der Waals surface area contributed by atoms with E-state index in [1.165, 1.54) is 54.7 Å². The molecule has 2 heterocycles. The largest absolute Gasteiger partial charge is 0.370 e. The smallest absolute Gasteiger partial charge is 0.193 e. The molecule has 2 aromatic rings. The Morgan fingerprint density at radius 1 is 1.19 bits per heavy atom. The molecule has 1 aliphatic heterocycles. The molecule has 1 saturated heterocycles. The molecule has 3 N–H and O–H groups in total. The highest BCUT2D eigenvalue weighted by molar-refractivity contribution is 7.09. The van der Waals surface area contributed by atoms with Gasteiger partial charge in [0.15, 0.2) is 5.96 Å². The number of nitrogens with two attached hydrogens (primary N) is 1. The van der Waals surface area contributed by atoms with Crippen LogP contribution < -0.4 is 11.1 Å². The molecule has 0 saturated carbocycles. The van der Waals surface area contributed by atoms with Crippen LogP contribution in [0.15, 0.2) is 40.7 Å². The maximum Gasteiger partial charge on any atom is 0.193 e. The molecule has 1 unspecified atom stereocenters. The molecule has 1 aliphatic carbocycles. The number of rotatable bonds is 5. The number of hydrogen-bond acceptors (Lipinski definition) is 3. The summed E-state index contributed by atoms with van der Waals surface area (Å²) in [6.07, 6.45) is 7.40. The first-order chi connectivity index (χ1) is 13.3. The third-order valence-electron chi connectivity index (χ3n) is 5.74. The summed E-state index contributed by atoms with van der Waals surface area (Å²) >= 11 is 1.85. The zero-order chi connectivity index (χ0) is 18.5. The normalized spacial score (nSPS) is 21.0. The minimum atomic E-state index is 0.560. The van der Waals surface area contributed by atoms with E-state index in [-0.39, 0.29) is 0 Å². The second kappa shape index (κ2) is 8.89. The summed E-state index contributed by atoms with van der Waals surface area (Å²) in [5.74, 6) is 1.16. The number of fused-ring (bicyclic) bond motifs is 1. The minimum Gasteiger partial charge on any atom is -0.370 e. The Bertz CT molecular complexity index is 769.